The summed E-state index contributed by atoms with van der Waals surface area (Å²) in [7, 11) is 1.71. The third-order valence-corrected chi connectivity index (χ3v) is 6.14. The maximum Gasteiger partial charge on any atom is 0.326 e. The molecule has 2 aromatic heterocycles. The van der Waals surface area contributed by atoms with Crippen LogP contribution < -0.4 is 10.6 Å². The van der Waals surface area contributed by atoms with Gasteiger partial charge in [-0.15, -0.1) is 0 Å². The van der Waals surface area contributed by atoms with Gasteiger partial charge in [0.2, 0.25) is 0 Å². The van der Waals surface area contributed by atoms with Crippen molar-refractivity contribution >= 4 is 17.6 Å². The zero-order valence-corrected chi connectivity index (χ0v) is 20.6. The molecule has 9 nitrogen and oxygen atoms in total. The summed E-state index contributed by atoms with van der Waals surface area (Å²) in [5, 5.41) is 16.1. The summed E-state index contributed by atoms with van der Waals surface area (Å²) >= 11 is 0. The van der Waals surface area contributed by atoms with Crippen LogP contribution in [-0.2, 0) is 22.4 Å². The molecule has 9 heteroatoms. The van der Waals surface area contributed by atoms with Crippen LogP contribution in [0.4, 0.5) is 11.6 Å². The van der Waals surface area contributed by atoms with Crippen LogP contribution in [0.3, 0.4) is 0 Å². The van der Waals surface area contributed by atoms with Crippen molar-refractivity contribution in [1.82, 2.24) is 19.9 Å². The van der Waals surface area contributed by atoms with Crippen molar-refractivity contribution in [2.45, 2.75) is 64.5 Å². The van der Waals surface area contributed by atoms with Crippen LogP contribution in [0.2, 0.25) is 0 Å². The van der Waals surface area contributed by atoms with Gasteiger partial charge in [0.1, 0.15) is 17.7 Å². The number of carboxylic acid groups (broad SMARTS) is 1. The summed E-state index contributed by atoms with van der Waals surface area (Å²) in [5.41, 5.74) is 3.18. The molecular formula is C25H38N6O3. The quantitative estimate of drug-likeness (QED) is 0.358. The number of nitrogens with one attached hydrogen (secondary N) is 2. The molecular weight excluding hydrogens is 432 g/mol. The number of pyridine rings is 1. The Kier molecular flexibility index (Phi) is 10.0. The Bertz CT molecular complexity index is 925. The maximum atomic E-state index is 11.8. The largest absolute Gasteiger partial charge is 0.480 e. The highest BCUT2D eigenvalue weighted by molar-refractivity contribution is 5.76. The van der Waals surface area contributed by atoms with Gasteiger partial charge in [0.25, 0.3) is 0 Å². The van der Waals surface area contributed by atoms with Gasteiger partial charge in [0, 0.05) is 38.6 Å². The number of anilines is 2. The number of ether oxygens (including phenoxy) is 1. The molecule has 0 aromatic carbocycles. The molecule has 0 radical (unpaired) electrons. The molecule has 0 aliphatic carbocycles. The number of methoxy groups -OCH3 is 1. The van der Waals surface area contributed by atoms with Gasteiger partial charge in [-0.1, -0.05) is 6.07 Å². The van der Waals surface area contributed by atoms with E-state index in [1.54, 1.807) is 19.5 Å². The van der Waals surface area contributed by atoms with Crippen LogP contribution >= 0.6 is 0 Å². The van der Waals surface area contributed by atoms with Gasteiger partial charge in [-0.3, -0.25) is 4.98 Å². The summed E-state index contributed by atoms with van der Waals surface area (Å²) < 4.78 is 5.46. The lowest BCUT2D eigenvalue weighted by molar-refractivity contribution is -0.138. The number of hydrogen-bond donors (Lipinski definition) is 3. The standard InChI is InChI=1S/C25H38N6O3/c1-18-15-26-16-23(28-18)30-22(25(32)33)11-14-31(17-19(2)34-3)13-5-4-8-21-10-9-20-7-6-12-27-24(20)29-21/h9-10,15-16,19,22H,4-8,11-14,17H2,1-3H3,(H,27,29)(H,28,30)(H,32,33)/t19-,22+/m1/s1. The summed E-state index contributed by atoms with van der Waals surface area (Å²) in [5.74, 6) is 0.635. The Hall–Kier alpha value is -2.78. The van der Waals surface area contributed by atoms with Gasteiger partial charge in [0.05, 0.1) is 18.0 Å². The van der Waals surface area contributed by atoms with Gasteiger partial charge in [-0.05, 0) is 70.5 Å². The van der Waals surface area contributed by atoms with E-state index in [2.05, 4.69) is 37.6 Å². The first-order chi connectivity index (χ1) is 16.4. The predicted octanol–water partition coefficient (Wildman–Crippen LogP) is 3.15. The molecule has 186 valence electrons. The molecule has 0 fully saturated rings. The van der Waals surface area contributed by atoms with Crippen LogP contribution in [0.25, 0.3) is 0 Å². The Labute approximate surface area is 202 Å². The van der Waals surface area contributed by atoms with Crippen molar-refractivity contribution in [1.29, 1.82) is 0 Å². The van der Waals surface area contributed by atoms with Crippen LogP contribution in [0.1, 0.15) is 49.6 Å². The number of rotatable bonds is 14. The summed E-state index contributed by atoms with van der Waals surface area (Å²) in [6.45, 7) is 7.16. The van der Waals surface area contributed by atoms with Crippen molar-refractivity contribution in [2.24, 2.45) is 0 Å². The predicted molar refractivity (Wildman–Crippen MR) is 133 cm³/mol. The SMILES string of the molecule is CO[C@H](C)CN(CCCCc1ccc2c(n1)NCCC2)CC[C@H](Nc1cncc(C)n1)C(=O)O. The normalized spacial score (nSPS) is 14.8. The molecule has 2 atom stereocenters. The van der Waals surface area contributed by atoms with E-state index in [1.807, 2.05) is 13.8 Å². The van der Waals surface area contributed by atoms with Gasteiger partial charge < -0.3 is 25.4 Å². The van der Waals surface area contributed by atoms with E-state index in [4.69, 9.17) is 9.72 Å². The molecule has 2 aromatic rings. The topological polar surface area (TPSA) is 113 Å². The first-order valence-electron chi connectivity index (χ1n) is 12.2. The molecule has 3 heterocycles. The van der Waals surface area contributed by atoms with Crippen molar-refractivity contribution in [3.05, 3.63) is 41.5 Å². The Morgan fingerprint density at radius 1 is 1.26 bits per heavy atom. The molecule has 1 aliphatic heterocycles. The fourth-order valence-electron chi connectivity index (χ4n) is 4.16. The number of aryl methyl sites for hydroxylation is 3. The number of fused-ring (bicyclic) bond motifs is 1. The molecule has 0 amide bonds. The maximum absolute atomic E-state index is 11.8. The molecule has 0 unspecified atom stereocenters. The summed E-state index contributed by atoms with van der Waals surface area (Å²) in [6, 6.07) is 3.62. The second-order valence-electron chi connectivity index (χ2n) is 9.01. The Balaban J connectivity index is 1.50. The monoisotopic (exact) mass is 470 g/mol. The number of unbranched alkanes of at least 4 members (excludes halogenated alkanes) is 1. The van der Waals surface area contributed by atoms with Gasteiger partial charge in [-0.25, -0.2) is 14.8 Å². The molecule has 34 heavy (non-hydrogen) atoms. The van der Waals surface area contributed by atoms with Crippen molar-refractivity contribution < 1.29 is 14.6 Å². The van der Waals surface area contributed by atoms with E-state index in [-0.39, 0.29) is 6.10 Å². The number of aliphatic carboxylic acids is 1. The highest BCUT2D eigenvalue weighted by atomic mass is 16.5. The summed E-state index contributed by atoms with van der Waals surface area (Å²) in [6.07, 6.45) is 8.98. The van der Waals surface area contributed by atoms with E-state index in [1.165, 1.54) is 12.0 Å². The first kappa shape index (κ1) is 25.8. The summed E-state index contributed by atoms with van der Waals surface area (Å²) in [4.78, 5) is 27.3. The molecule has 3 N–H and O–H groups in total. The molecule has 1 aliphatic rings. The second kappa shape index (κ2) is 13.2. The fourth-order valence-corrected chi connectivity index (χ4v) is 4.16. The van der Waals surface area contributed by atoms with Crippen molar-refractivity contribution in [2.75, 3.05) is 43.9 Å². The Morgan fingerprint density at radius 2 is 2.12 bits per heavy atom. The number of carbonyl (C=O) groups is 1. The number of carboxylic acids is 1. The van der Waals surface area contributed by atoms with E-state index < -0.39 is 12.0 Å². The lowest BCUT2D eigenvalue weighted by Gasteiger charge is -2.26. The fraction of sp³-hybridized carbons (Fsp3) is 0.600. The third kappa shape index (κ3) is 8.22. The van der Waals surface area contributed by atoms with Gasteiger partial charge >= 0.3 is 5.97 Å². The highest BCUT2D eigenvalue weighted by Gasteiger charge is 2.20. The minimum atomic E-state index is -0.893. The zero-order chi connectivity index (χ0) is 24.3. The molecule has 0 spiro atoms. The van der Waals surface area contributed by atoms with Gasteiger partial charge in [0.15, 0.2) is 0 Å². The highest BCUT2D eigenvalue weighted by Crippen LogP contribution is 2.20. The Morgan fingerprint density at radius 3 is 2.88 bits per heavy atom. The van der Waals surface area contributed by atoms with Crippen LogP contribution in [-0.4, -0.2) is 76.4 Å². The lowest BCUT2D eigenvalue weighted by atomic mass is 10.1. The van der Waals surface area contributed by atoms with Crippen molar-refractivity contribution in [3.63, 3.8) is 0 Å². The number of aromatic nitrogens is 3. The van der Waals surface area contributed by atoms with E-state index in [0.717, 1.165) is 62.5 Å². The van der Waals surface area contributed by atoms with E-state index in [0.29, 0.717) is 18.8 Å². The first-order valence-corrected chi connectivity index (χ1v) is 12.2. The molecule has 0 bridgehead atoms. The van der Waals surface area contributed by atoms with E-state index >= 15 is 0 Å². The van der Waals surface area contributed by atoms with Crippen LogP contribution in [0.15, 0.2) is 24.5 Å². The molecule has 0 saturated carbocycles. The number of hydrogen-bond acceptors (Lipinski definition) is 8. The van der Waals surface area contributed by atoms with E-state index in [9.17, 15) is 9.90 Å². The van der Waals surface area contributed by atoms with Gasteiger partial charge in [-0.2, -0.15) is 0 Å². The van der Waals surface area contributed by atoms with Crippen LogP contribution in [0.5, 0.6) is 0 Å². The third-order valence-electron chi connectivity index (χ3n) is 6.14. The second-order valence-corrected chi connectivity index (χ2v) is 9.01. The minimum absolute atomic E-state index is 0.0762. The zero-order valence-electron chi connectivity index (χ0n) is 20.6. The average Bonchev–Trinajstić information content (AvgIpc) is 2.83. The minimum Gasteiger partial charge on any atom is -0.480 e. The lowest BCUT2D eigenvalue weighted by Crippen LogP contribution is -2.38. The number of nitrogens with zero attached hydrogens (tertiary/aromatic N) is 4. The smallest absolute Gasteiger partial charge is 0.326 e. The van der Waals surface area contributed by atoms with Crippen molar-refractivity contribution in [3.8, 4) is 0 Å². The molecule has 0 saturated heterocycles. The average molecular weight is 471 g/mol. The molecule has 3 rings (SSSR count). The van der Waals surface area contributed by atoms with Crippen LogP contribution in [0, 0.1) is 6.92 Å².